The van der Waals surface area contributed by atoms with Crippen molar-refractivity contribution < 1.29 is 4.79 Å². The first-order chi connectivity index (χ1) is 14.3. The van der Waals surface area contributed by atoms with E-state index < -0.39 is 0 Å². The van der Waals surface area contributed by atoms with Gasteiger partial charge in [-0.15, -0.1) is 0 Å². The van der Waals surface area contributed by atoms with Crippen molar-refractivity contribution in [2.75, 3.05) is 13.1 Å². The van der Waals surface area contributed by atoms with Crippen LogP contribution in [0.15, 0.2) is 54.6 Å². The van der Waals surface area contributed by atoms with E-state index in [1.807, 2.05) is 12.1 Å². The molecule has 1 amide bonds. The van der Waals surface area contributed by atoms with Crippen molar-refractivity contribution in [2.24, 2.45) is 5.73 Å². The van der Waals surface area contributed by atoms with Gasteiger partial charge in [-0.25, -0.2) is 0 Å². The Hall–Kier alpha value is -2.17. The van der Waals surface area contributed by atoms with Crippen LogP contribution in [0.3, 0.4) is 0 Å². The maximum absolute atomic E-state index is 13.6. The quantitative estimate of drug-likeness (QED) is 0.820. The predicted octanol–water partition coefficient (Wildman–Crippen LogP) is 3.55. The molecule has 2 aliphatic heterocycles. The lowest BCUT2D eigenvalue weighted by atomic mass is 9.98. The lowest BCUT2D eigenvalue weighted by molar-refractivity contribution is 0.0642. The molecule has 154 valence electrons. The van der Waals surface area contributed by atoms with Crippen molar-refractivity contribution in [2.45, 2.75) is 63.1 Å². The minimum Gasteiger partial charge on any atom is -0.331 e. The van der Waals surface area contributed by atoms with E-state index in [1.54, 1.807) is 0 Å². The molecule has 0 unspecified atom stereocenters. The molecule has 0 bridgehead atoms. The number of carbonyl (C=O) groups excluding carboxylic acids is 1. The van der Waals surface area contributed by atoms with Crippen LogP contribution in [0.4, 0.5) is 0 Å². The Balaban J connectivity index is 1.59. The third kappa shape index (κ3) is 4.71. The first kappa shape index (κ1) is 20.1. The Labute approximate surface area is 174 Å². The van der Waals surface area contributed by atoms with Crippen LogP contribution in [-0.2, 0) is 12.8 Å². The Morgan fingerprint density at radius 1 is 1.00 bits per heavy atom. The summed E-state index contributed by atoms with van der Waals surface area (Å²) in [4.78, 5) is 15.9. The van der Waals surface area contributed by atoms with Crippen molar-refractivity contribution in [3.05, 3.63) is 71.3 Å². The Morgan fingerprint density at radius 3 is 2.55 bits per heavy atom. The molecule has 4 nitrogen and oxygen atoms in total. The number of rotatable bonds is 5. The summed E-state index contributed by atoms with van der Waals surface area (Å²) in [5, 5.41) is 3.75. The molecule has 29 heavy (non-hydrogen) atoms. The summed E-state index contributed by atoms with van der Waals surface area (Å²) in [5.41, 5.74) is 8.97. The number of likely N-dealkylation sites (tertiary alicyclic amines) is 1. The lowest BCUT2D eigenvalue weighted by Crippen LogP contribution is -2.47. The third-order valence-electron chi connectivity index (χ3n) is 6.51. The standard InChI is InChI=1S/C25H33N3O/c26-15-14-19-10-12-21(13-11-19)25(29)28-22(17-20-7-3-1-4-8-20)18-23-24(28)9-5-2-6-16-27-23/h1,3-4,7-8,10-13,22-24,27H,2,5-6,9,14-18,26H2/t22-,23+,24-/m0/s1. The Kier molecular flexibility index (Phi) is 6.63. The van der Waals surface area contributed by atoms with Crippen molar-refractivity contribution in [3.8, 4) is 0 Å². The zero-order chi connectivity index (χ0) is 20.1. The predicted molar refractivity (Wildman–Crippen MR) is 118 cm³/mol. The Bertz CT molecular complexity index is 789. The molecule has 4 rings (SSSR count). The van der Waals surface area contributed by atoms with E-state index in [9.17, 15) is 4.79 Å². The number of carbonyl (C=O) groups is 1. The van der Waals surface area contributed by atoms with E-state index in [2.05, 4.69) is 52.7 Å². The molecule has 3 N–H and O–H groups in total. The molecule has 2 heterocycles. The highest BCUT2D eigenvalue weighted by atomic mass is 16.2. The molecule has 0 radical (unpaired) electrons. The Morgan fingerprint density at radius 2 is 1.79 bits per heavy atom. The van der Waals surface area contributed by atoms with Crippen molar-refractivity contribution in [1.82, 2.24) is 10.2 Å². The van der Waals surface area contributed by atoms with Gasteiger partial charge in [-0.3, -0.25) is 4.79 Å². The molecule has 2 aromatic rings. The second kappa shape index (κ2) is 9.55. The number of nitrogens with one attached hydrogen (secondary N) is 1. The fourth-order valence-electron chi connectivity index (χ4n) is 5.04. The van der Waals surface area contributed by atoms with Crippen molar-refractivity contribution in [3.63, 3.8) is 0 Å². The van der Waals surface area contributed by atoms with E-state index in [0.29, 0.717) is 18.6 Å². The molecule has 3 atom stereocenters. The average Bonchev–Trinajstić information content (AvgIpc) is 3.05. The monoisotopic (exact) mass is 391 g/mol. The van der Waals surface area contributed by atoms with Crippen molar-refractivity contribution >= 4 is 5.91 Å². The van der Waals surface area contributed by atoms with Gasteiger partial charge in [0, 0.05) is 23.7 Å². The van der Waals surface area contributed by atoms with Crippen LogP contribution in [0.1, 0.15) is 53.6 Å². The summed E-state index contributed by atoms with van der Waals surface area (Å²) in [6.45, 7) is 1.70. The highest BCUT2D eigenvalue weighted by Crippen LogP contribution is 2.33. The molecule has 2 saturated heterocycles. The van der Waals surface area contributed by atoms with E-state index in [1.165, 1.54) is 30.4 Å². The summed E-state index contributed by atoms with van der Waals surface area (Å²) in [6, 6.07) is 19.6. The van der Waals surface area contributed by atoms with Gasteiger partial charge >= 0.3 is 0 Å². The van der Waals surface area contributed by atoms with Crippen LogP contribution in [0.5, 0.6) is 0 Å². The minimum atomic E-state index is 0.181. The van der Waals surface area contributed by atoms with E-state index in [4.69, 9.17) is 5.73 Å². The van der Waals surface area contributed by atoms with Crippen LogP contribution in [-0.4, -0.2) is 42.0 Å². The number of fused-ring (bicyclic) bond motifs is 1. The van der Waals surface area contributed by atoms with E-state index >= 15 is 0 Å². The number of hydrogen-bond donors (Lipinski definition) is 2. The van der Waals surface area contributed by atoms with Crippen LogP contribution in [0.2, 0.25) is 0 Å². The minimum absolute atomic E-state index is 0.181. The van der Waals surface area contributed by atoms with Gasteiger partial charge in [0.1, 0.15) is 0 Å². The number of amides is 1. The fraction of sp³-hybridized carbons (Fsp3) is 0.480. The van der Waals surface area contributed by atoms with Gasteiger partial charge in [-0.2, -0.15) is 0 Å². The second-order valence-electron chi connectivity index (χ2n) is 8.50. The smallest absolute Gasteiger partial charge is 0.254 e. The zero-order valence-electron chi connectivity index (χ0n) is 17.2. The maximum Gasteiger partial charge on any atom is 0.254 e. The van der Waals surface area contributed by atoms with Gasteiger partial charge in [0.25, 0.3) is 5.91 Å². The molecule has 0 aromatic heterocycles. The van der Waals surface area contributed by atoms with Gasteiger partial charge in [-0.05, 0) is 68.5 Å². The number of benzene rings is 2. The molecule has 0 aliphatic carbocycles. The molecule has 2 aliphatic rings. The largest absolute Gasteiger partial charge is 0.331 e. The first-order valence-electron chi connectivity index (χ1n) is 11.2. The van der Waals surface area contributed by atoms with E-state index in [0.717, 1.165) is 37.8 Å². The molecule has 0 saturated carbocycles. The molecule has 2 fully saturated rings. The summed E-state index contributed by atoms with van der Waals surface area (Å²) in [6.07, 6.45) is 7.60. The fourth-order valence-corrected chi connectivity index (χ4v) is 5.04. The van der Waals surface area contributed by atoms with Crippen LogP contribution in [0.25, 0.3) is 0 Å². The van der Waals surface area contributed by atoms with Gasteiger partial charge in [0.15, 0.2) is 0 Å². The summed E-state index contributed by atoms with van der Waals surface area (Å²) in [7, 11) is 0. The lowest BCUT2D eigenvalue weighted by Gasteiger charge is -2.33. The molecular formula is C25H33N3O. The first-order valence-corrected chi connectivity index (χ1v) is 11.2. The van der Waals surface area contributed by atoms with Gasteiger partial charge in [-0.1, -0.05) is 55.3 Å². The molecule has 4 heteroatoms. The van der Waals surface area contributed by atoms with Gasteiger partial charge in [0.2, 0.25) is 0 Å². The summed E-state index contributed by atoms with van der Waals surface area (Å²) >= 11 is 0. The highest BCUT2D eigenvalue weighted by molar-refractivity contribution is 5.95. The summed E-state index contributed by atoms with van der Waals surface area (Å²) in [5.74, 6) is 0.181. The van der Waals surface area contributed by atoms with E-state index in [-0.39, 0.29) is 11.9 Å². The average molecular weight is 392 g/mol. The van der Waals surface area contributed by atoms with Crippen LogP contribution < -0.4 is 11.1 Å². The normalized spacial score (nSPS) is 24.6. The number of nitrogens with zero attached hydrogens (tertiary/aromatic N) is 1. The SMILES string of the molecule is NCCc1ccc(C(=O)N2[C@@H](Cc3ccccc3)C[C@H]3NCCCCC[C@@H]32)cc1. The van der Waals surface area contributed by atoms with Crippen molar-refractivity contribution in [1.29, 1.82) is 0 Å². The molecule has 0 spiro atoms. The third-order valence-corrected chi connectivity index (χ3v) is 6.51. The number of nitrogens with two attached hydrogens (primary N) is 1. The van der Waals surface area contributed by atoms with Crippen LogP contribution in [0, 0.1) is 0 Å². The molecular weight excluding hydrogens is 358 g/mol. The number of hydrogen-bond acceptors (Lipinski definition) is 3. The zero-order valence-corrected chi connectivity index (χ0v) is 17.2. The van der Waals surface area contributed by atoms with Gasteiger partial charge < -0.3 is 16.0 Å². The second-order valence-corrected chi connectivity index (χ2v) is 8.50. The summed E-state index contributed by atoms with van der Waals surface area (Å²) < 4.78 is 0. The van der Waals surface area contributed by atoms with Gasteiger partial charge in [0.05, 0.1) is 0 Å². The topological polar surface area (TPSA) is 58.4 Å². The maximum atomic E-state index is 13.6. The molecule has 2 aromatic carbocycles. The van der Waals surface area contributed by atoms with Crippen LogP contribution >= 0.6 is 0 Å². The highest BCUT2D eigenvalue weighted by Gasteiger charge is 2.43.